The number of anilines is 1. The van der Waals surface area contributed by atoms with Crippen molar-refractivity contribution in [3.8, 4) is 0 Å². The highest BCUT2D eigenvalue weighted by atomic mass is 79.9. The van der Waals surface area contributed by atoms with Gasteiger partial charge in [-0.2, -0.15) is 0 Å². The Labute approximate surface area is 117 Å². The SMILES string of the molecule is CC(C)c1nc(C(=O)Nc2cc(Br)ccc2F)n[nH]1. The third-order valence-electron chi connectivity index (χ3n) is 2.43. The number of halogens is 2. The lowest BCUT2D eigenvalue weighted by Gasteiger charge is -2.04. The fourth-order valence-corrected chi connectivity index (χ4v) is 1.77. The predicted molar refractivity (Wildman–Crippen MR) is 72.5 cm³/mol. The Morgan fingerprint density at radius 1 is 1.47 bits per heavy atom. The molecule has 2 N–H and O–H groups in total. The molecule has 0 spiro atoms. The minimum atomic E-state index is -0.555. The van der Waals surface area contributed by atoms with E-state index in [2.05, 4.69) is 36.4 Å². The van der Waals surface area contributed by atoms with E-state index in [1.54, 1.807) is 6.07 Å². The van der Waals surface area contributed by atoms with Crippen LogP contribution < -0.4 is 5.32 Å². The molecule has 0 fully saturated rings. The fraction of sp³-hybridized carbons (Fsp3) is 0.250. The van der Waals surface area contributed by atoms with Crippen LogP contribution in [0.3, 0.4) is 0 Å². The summed E-state index contributed by atoms with van der Waals surface area (Å²) in [5, 5.41) is 8.91. The summed E-state index contributed by atoms with van der Waals surface area (Å²) in [5.74, 6) is -0.337. The molecule has 0 unspecified atom stereocenters. The maximum absolute atomic E-state index is 13.5. The number of amides is 1. The van der Waals surface area contributed by atoms with E-state index < -0.39 is 11.7 Å². The number of carbonyl (C=O) groups is 1. The summed E-state index contributed by atoms with van der Waals surface area (Å²) >= 11 is 3.21. The summed E-state index contributed by atoms with van der Waals surface area (Å²) in [6, 6.07) is 4.29. The van der Waals surface area contributed by atoms with E-state index in [9.17, 15) is 9.18 Å². The Morgan fingerprint density at radius 2 is 2.21 bits per heavy atom. The Bertz CT molecular complexity index is 612. The van der Waals surface area contributed by atoms with Gasteiger partial charge in [-0.05, 0) is 18.2 Å². The minimum Gasteiger partial charge on any atom is -0.317 e. The van der Waals surface area contributed by atoms with Gasteiger partial charge in [0.2, 0.25) is 5.82 Å². The first kappa shape index (κ1) is 13.7. The molecule has 2 aromatic rings. The first-order chi connectivity index (χ1) is 8.97. The van der Waals surface area contributed by atoms with Crippen LogP contribution in [0.5, 0.6) is 0 Å². The second-order valence-electron chi connectivity index (χ2n) is 4.28. The van der Waals surface area contributed by atoms with E-state index in [1.807, 2.05) is 13.8 Å². The highest BCUT2D eigenvalue weighted by molar-refractivity contribution is 9.10. The molecule has 1 heterocycles. The summed E-state index contributed by atoms with van der Waals surface area (Å²) in [6.07, 6.45) is 0. The van der Waals surface area contributed by atoms with Gasteiger partial charge in [0.05, 0.1) is 5.69 Å². The number of nitrogens with zero attached hydrogens (tertiary/aromatic N) is 2. The van der Waals surface area contributed by atoms with E-state index in [0.717, 1.165) is 0 Å². The summed E-state index contributed by atoms with van der Waals surface area (Å²) < 4.78 is 14.2. The number of rotatable bonds is 3. The number of benzene rings is 1. The molecule has 0 saturated heterocycles. The van der Waals surface area contributed by atoms with E-state index in [-0.39, 0.29) is 17.4 Å². The molecular formula is C12H12BrFN4O. The molecular weight excluding hydrogens is 315 g/mol. The van der Waals surface area contributed by atoms with Gasteiger partial charge in [0.1, 0.15) is 11.6 Å². The van der Waals surface area contributed by atoms with Gasteiger partial charge in [-0.3, -0.25) is 9.89 Å². The quantitative estimate of drug-likeness (QED) is 0.910. The molecule has 1 aromatic heterocycles. The number of carbonyl (C=O) groups excluding carboxylic acids is 1. The third kappa shape index (κ3) is 3.17. The monoisotopic (exact) mass is 326 g/mol. The second-order valence-corrected chi connectivity index (χ2v) is 5.19. The molecule has 0 atom stereocenters. The van der Waals surface area contributed by atoms with Crippen molar-refractivity contribution in [2.24, 2.45) is 0 Å². The first-order valence-electron chi connectivity index (χ1n) is 5.66. The van der Waals surface area contributed by atoms with Gasteiger partial charge in [0, 0.05) is 10.4 Å². The zero-order valence-electron chi connectivity index (χ0n) is 10.4. The van der Waals surface area contributed by atoms with Crippen LogP contribution in [-0.4, -0.2) is 21.1 Å². The molecule has 0 saturated carbocycles. The molecule has 5 nitrogen and oxygen atoms in total. The van der Waals surface area contributed by atoms with Crippen molar-refractivity contribution in [3.05, 3.63) is 40.1 Å². The molecule has 1 amide bonds. The topological polar surface area (TPSA) is 70.7 Å². The van der Waals surface area contributed by atoms with Crippen LogP contribution in [0.4, 0.5) is 10.1 Å². The van der Waals surface area contributed by atoms with Crippen LogP contribution in [0.25, 0.3) is 0 Å². The van der Waals surface area contributed by atoms with Crippen LogP contribution in [-0.2, 0) is 0 Å². The molecule has 7 heteroatoms. The maximum atomic E-state index is 13.5. The molecule has 19 heavy (non-hydrogen) atoms. The molecule has 0 radical (unpaired) electrons. The van der Waals surface area contributed by atoms with Gasteiger partial charge in [-0.15, -0.1) is 5.10 Å². The fourth-order valence-electron chi connectivity index (χ4n) is 1.41. The van der Waals surface area contributed by atoms with Crippen molar-refractivity contribution in [3.63, 3.8) is 0 Å². The highest BCUT2D eigenvalue weighted by Gasteiger charge is 2.15. The summed E-state index contributed by atoms with van der Waals surface area (Å²) in [5.41, 5.74) is 0.0790. The average molecular weight is 327 g/mol. The molecule has 0 aliphatic carbocycles. The Hall–Kier alpha value is -1.76. The van der Waals surface area contributed by atoms with Crippen LogP contribution in [0, 0.1) is 5.82 Å². The lowest BCUT2D eigenvalue weighted by molar-refractivity contribution is 0.101. The number of nitrogens with one attached hydrogen (secondary N) is 2. The maximum Gasteiger partial charge on any atom is 0.295 e. The molecule has 0 aliphatic heterocycles. The lowest BCUT2D eigenvalue weighted by Crippen LogP contribution is -2.15. The number of H-pyrrole nitrogens is 1. The van der Waals surface area contributed by atoms with E-state index in [1.165, 1.54) is 12.1 Å². The first-order valence-corrected chi connectivity index (χ1v) is 6.45. The largest absolute Gasteiger partial charge is 0.317 e. The van der Waals surface area contributed by atoms with Crippen LogP contribution in [0.15, 0.2) is 22.7 Å². The lowest BCUT2D eigenvalue weighted by atomic mass is 10.2. The highest BCUT2D eigenvalue weighted by Crippen LogP contribution is 2.20. The average Bonchev–Trinajstić information content (AvgIpc) is 2.83. The summed E-state index contributed by atoms with van der Waals surface area (Å²) in [6.45, 7) is 3.85. The van der Waals surface area contributed by atoms with E-state index >= 15 is 0 Å². The van der Waals surface area contributed by atoms with Gasteiger partial charge in [0.25, 0.3) is 5.91 Å². The van der Waals surface area contributed by atoms with Crippen LogP contribution in [0.2, 0.25) is 0 Å². The summed E-state index contributed by atoms with van der Waals surface area (Å²) in [7, 11) is 0. The van der Waals surface area contributed by atoms with Crippen molar-refractivity contribution in [2.75, 3.05) is 5.32 Å². The second kappa shape index (κ2) is 5.48. The summed E-state index contributed by atoms with van der Waals surface area (Å²) in [4.78, 5) is 15.9. The van der Waals surface area contributed by atoms with Gasteiger partial charge in [0.15, 0.2) is 0 Å². The number of aromatic amines is 1. The number of hydrogen-bond acceptors (Lipinski definition) is 3. The van der Waals surface area contributed by atoms with Crippen LogP contribution in [0.1, 0.15) is 36.2 Å². The Balaban J connectivity index is 2.18. The van der Waals surface area contributed by atoms with E-state index in [4.69, 9.17) is 0 Å². The van der Waals surface area contributed by atoms with Crippen molar-refractivity contribution in [1.29, 1.82) is 0 Å². The number of hydrogen-bond donors (Lipinski definition) is 2. The van der Waals surface area contributed by atoms with Crippen LogP contribution >= 0.6 is 15.9 Å². The third-order valence-corrected chi connectivity index (χ3v) is 2.92. The predicted octanol–water partition coefficient (Wildman–Crippen LogP) is 3.08. The van der Waals surface area contributed by atoms with Crippen molar-refractivity contribution in [2.45, 2.75) is 19.8 Å². The molecule has 0 bridgehead atoms. The molecule has 0 aliphatic rings. The van der Waals surface area contributed by atoms with Crippen molar-refractivity contribution < 1.29 is 9.18 Å². The van der Waals surface area contributed by atoms with E-state index in [0.29, 0.717) is 10.3 Å². The van der Waals surface area contributed by atoms with Crippen molar-refractivity contribution in [1.82, 2.24) is 15.2 Å². The Morgan fingerprint density at radius 3 is 2.84 bits per heavy atom. The number of aromatic nitrogens is 3. The normalized spacial score (nSPS) is 10.8. The zero-order valence-corrected chi connectivity index (χ0v) is 12.0. The smallest absolute Gasteiger partial charge is 0.295 e. The molecule has 100 valence electrons. The molecule has 2 rings (SSSR count). The van der Waals surface area contributed by atoms with Crippen molar-refractivity contribution >= 4 is 27.5 Å². The van der Waals surface area contributed by atoms with Gasteiger partial charge in [-0.25, -0.2) is 9.37 Å². The van der Waals surface area contributed by atoms with Gasteiger partial charge in [-0.1, -0.05) is 29.8 Å². The van der Waals surface area contributed by atoms with Gasteiger partial charge >= 0.3 is 0 Å². The van der Waals surface area contributed by atoms with Gasteiger partial charge < -0.3 is 5.32 Å². The minimum absolute atomic E-state index is 0.0110. The molecule has 1 aromatic carbocycles. The standard InChI is InChI=1S/C12H12BrFN4O/c1-6(2)10-16-11(18-17-10)12(19)15-9-5-7(13)3-4-8(9)14/h3-6H,1-2H3,(H,15,19)(H,16,17,18). The zero-order chi connectivity index (χ0) is 14.0. The Kier molecular flexibility index (Phi) is 3.94.